The van der Waals surface area contributed by atoms with Crippen LogP contribution in [0.3, 0.4) is 0 Å². The van der Waals surface area contributed by atoms with Gasteiger partial charge in [0.15, 0.2) is 11.0 Å². The van der Waals surface area contributed by atoms with Crippen molar-refractivity contribution in [2.45, 2.75) is 24.3 Å². The second-order valence-electron chi connectivity index (χ2n) is 5.03. The van der Waals surface area contributed by atoms with Gasteiger partial charge in [-0.3, -0.25) is 18.9 Å². The maximum absolute atomic E-state index is 15.4. The van der Waals surface area contributed by atoms with Crippen molar-refractivity contribution < 1.29 is 56.1 Å². The Morgan fingerprint density at radius 2 is 2.14 bits per heavy atom. The fourth-order valence-corrected chi connectivity index (χ4v) is 3.58. The molecule has 1 aliphatic heterocycles. The average Bonchev–Trinajstić information content (AvgIpc) is 2.74. The number of hydrogen-bond acceptors (Lipinski definition) is 9. The van der Waals surface area contributed by atoms with Crippen molar-refractivity contribution in [3.8, 4) is 12.3 Å². The quantitative estimate of drug-likeness (QED) is 0.171. The molecule has 0 amide bonds. The third-order valence-corrected chi connectivity index (χ3v) is 5.33. The van der Waals surface area contributed by atoms with E-state index < -0.39 is 62.4 Å². The molecule has 6 N–H and O–H groups in total. The number of halogens is 1. The van der Waals surface area contributed by atoms with E-state index in [9.17, 15) is 29.0 Å². The van der Waals surface area contributed by atoms with Crippen molar-refractivity contribution in [1.82, 2.24) is 9.55 Å². The Kier molecular flexibility index (Phi) is 5.26. The first-order valence-electron chi connectivity index (χ1n) is 8.18. The Hall–Kier alpha value is -1.27. The number of ether oxygens (including phenoxy) is 1. The van der Waals surface area contributed by atoms with E-state index in [4.69, 9.17) is 32.5 Å². The van der Waals surface area contributed by atoms with Crippen LogP contribution >= 0.6 is 27.9 Å². The van der Waals surface area contributed by atoms with Gasteiger partial charge in [0, 0.05) is 6.20 Å². The fraction of sp³-hybridized carbons (Fsp3) is 0.455. The highest BCUT2D eigenvalue weighted by Crippen LogP contribution is 2.58. The van der Waals surface area contributed by atoms with Crippen LogP contribution in [0.4, 0.5) is 4.39 Å². The van der Waals surface area contributed by atoms with E-state index >= 15 is 4.39 Å². The number of aliphatic hydroxyl groups excluding tert-OH is 2. The third-order valence-electron chi connectivity index (χ3n) is 3.03. The molecule has 13 nitrogen and oxygen atoms in total. The molecule has 0 saturated carbocycles. The highest BCUT2D eigenvalue weighted by atomic mass is 32.1. The summed E-state index contributed by atoms with van der Waals surface area (Å²) in [5, 5.41) is 20.2. The largest absolute Gasteiger partial charge is 0.481 e. The number of aromatic amines is 1. The van der Waals surface area contributed by atoms with Crippen molar-refractivity contribution in [1.29, 1.82) is 0 Å². The molecule has 0 bridgehead atoms. The molecule has 0 spiro atoms. The van der Waals surface area contributed by atoms with Crippen LogP contribution < -0.4 is 5.56 Å². The summed E-state index contributed by atoms with van der Waals surface area (Å²) in [6, 6.07) is 0. The van der Waals surface area contributed by atoms with Gasteiger partial charge in [0.2, 0.25) is 0 Å². The number of phosphoric acid groups is 2. The smallest absolute Gasteiger partial charge is 0.385 e. The number of nitrogens with one attached hydrogen (secondary N) is 1. The molecular formula is C11H13FN2O11P2S. The normalized spacial score (nSPS) is 34.7. The minimum atomic E-state index is -6.03. The summed E-state index contributed by atoms with van der Waals surface area (Å²) in [5.74, 6) is -2.44. The van der Waals surface area contributed by atoms with E-state index in [0.29, 0.717) is 10.8 Å². The number of alkyl halides is 1. The van der Waals surface area contributed by atoms with Gasteiger partial charge < -0.3 is 29.6 Å². The fourth-order valence-electron chi connectivity index (χ4n) is 1.89. The zero-order valence-corrected chi connectivity index (χ0v) is 15.7. The van der Waals surface area contributed by atoms with Crippen LogP contribution in [0, 0.1) is 17.1 Å². The Morgan fingerprint density at radius 3 is 2.68 bits per heavy atom. The van der Waals surface area contributed by atoms with Crippen LogP contribution in [0.25, 0.3) is 0 Å². The standard InChI is InChI=1S/C11H13FN2O11P2S/c1-2-5-3-14(10(28)13-8(5)17)9-6(15)7(16)11(12,24-9)4-23-27(21,22)25-26(18,19)20/h1,3,6-7,9,15-16H,4H2,(H,21,22)(H,13,17,28)(H2,18,19,20)/t6-,7+,9-,11-/m1/s1/i4D2,9D. The van der Waals surface area contributed by atoms with E-state index in [-0.39, 0.29) is 0 Å². The predicted molar refractivity (Wildman–Crippen MR) is 88.7 cm³/mol. The van der Waals surface area contributed by atoms with Crippen molar-refractivity contribution in [2.24, 2.45) is 0 Å². The van der Waals surface area contributed by atoms with Crippen LogP contribution in [0.15, 0.2) is 11.0 Å². The number of hydrogen-bond donors (Lipinski definition) is 6. The molecule has 1 fully saturated rings. The third kappa shape index (κ3) is 5.01. The number of aromatic nitrogens is 2. The Morgan fingerprint density at radius 1 is 1.54 bits per heavy atom. The van der Waals surface area contributed by atoms with Gasteiger partial charge >= 0.3 is 15.6 Å². The number of nitrogens with zero attached hydrogens (tertiary/aromatic N) is 1. The van der Waals surface area contributed by atoms with E-state index in [1.54, 1.807) is 0 Å². The van der Waals surface area contributed by atoms with Crippen LogP contribution in [-0.2, 0) is 22.7 Å². The minimum Gasteiger partial charge on any atom is -0.385 e. The molecule has 2 rings (SSSR count). The molecule has 156 valence electrons. The Labute approximate surface area is 164 Å². The lowest BCUT2D eigenvalue weighted by atomic mass is 10.1. The van der Waals surface area contributed by atoms with Gasteiger partial charge in [0.25, 0.3) is 11.4 Å². The summed E-state index contributed by atoms with van der Waals surface area (Å²) in [6.45, 7) is -4.27. The van der Waals surface area contributed by atoms with Gasteiger partial charge in [0.1, 0.15) is 24.3 Å². The summed E-state index contributed by atoms with van der Waals surface area (Å²) in [4.78, 5) is 40.0. The van der Waals surface area contributed by atoms with Gasteiger partial charge in [-0.25, -0.2) is 13.5 Å². The van der Waals surface area contributed by atoms with Gasteiger partial charge in [-0.15, -0.1) is 6.42 Å². The molecule has 0 radical (unpaired) electrons. The molecule has 0 aromatic carbocycles. The highest BCUT2D eigenvalue weighted by Gasteiger charge is 2.57. The summed E-state index contributed by atoms with van der Waals surface area (Å²) in [7, 11) is -11.8. The molecule has 2 heterocycles. The Balaban J connectivity index is 2.55. The minimum absolute atomic E-state index is 0.356. The van der Waals surface area contributed by atoms with E-state index in [2.05, 4.69) is 13.6 Å². The van der Waals surface area contributed by atoms with Crippen LogP contribution in [-0.4, -0.2) is 59.1 Å². The lowest BCUT2D eigenvalue weighted by Crippen LogP contribution is -2.42. The number of rotatable bonds is 6. The predicted octanol–water partition coefficient (Wildman–Crippen LogP) is -0.970. The molecule has 5 atom stereocenters. The highest BCUT2D eigenvalue weighted by molar-refractivity contribution is 7.71. The molecule has 0 aliphatic carbocycles. The van der Waals surface area contributed by atoms with Crippen LogP contribution in [0.5, 0.6) is 0 Å². The van der Waals surface area contributed by atoms with E-state index in [1.165, 1.54) is 0 Å². The maximum Gasteiger partial charge on any atom is 0.481 e. The van der Waals surface area contributed by atoms with Gasteiger partial charge in [-0.1, -0.05) is 5.92 Å². The number of H-pyrrole nitrogens is 1. The molecule has 1 aromatic rings. The average molecular weight is 465 g/mol. The molecule has 1 aliphatic rings. The maximum atomic E-state index is 15.4. The second kappa shape index (κ2) is 7.86. The van der Waals surface area contributed by atoms with E-state index in [0.717, 1.165) is 0 Å². The van der Waals surface area contributed by atoms with Crippen molar-refractivity contribution in [3.05, 3.63) is 26.9 Å². The number of aliphatic hydroxyl groups is 2. The lowest BCUT2D eigenvalue weighted by Gasteiger charge is -2.24. The first kappa shape index (κ1) is 18.7. The summed E-state index contributed by atoms with van der Waals surface area (Å²) >= 11 is 4.77. The van der Waals surface area contributed by atoms with Gasteiger partial charge in [0.05, 0.1) is 4.11 Å². The molecule has 17 heteroatoms. The molecule has 1 saturated heterocycles. The number of phosphoric ester groups is 1. The van der Waals surface area contributed by atoms with Gasteiger partial charge in [-0.2, -0.15) is 4.31 Å². The van der Waals surface area contributed by atoms with Gasteiger partial charge in [-0.05, 0) is 12.2 Å². The van der Waals surface area contributed by atoms with Crippen molar-refractivity contribution in [2.75, 3.05) is 6.56 Å². The number of terminal acetylenes is 1. The molecule has 28 heavy (non-hydrogen) atoms. The first-order chi connectivity index (χ1) is 13.8. The molecule has 1 aromatic heterocycles. The van der Waals surface area contributed by atoms with Crippen molar-refractivity contribution >= 4 is 27.9 Å². The van der Waals surface area contributed by atoms with Crippen LogP contribution in [0.2, 0.25) is 0 Å². The zero-order chi connectivity index (χ0) is 24.2. The zero-order valence-electron chi connectivity index (χ0n) is 16.1. The SMILES string of the molecule is [2H]C([2H])(OP(=O)(O)OP(=O)(O)O)[C@@]1(F)O[C@@]([2H])(n2cc(C#C)c(=O)[nH]c2=S)[C@H](O)[C@@H]1O. The Bertz CT molecular complexity index is 1150. The van der Waals surface area contributed by atoms with E-state index in [1.807, 2.05) is 10.9 Å². The summed E-state index contributed by atoms with van der Waals surface area (Å²) in [5.41, 5.74) is -1.41. The summed E-state index contributed by atoms with van der Waals surface area (Å²) in [6.07, 6.45) is -3.17. The monoisotopic (exact) mass is 465 g/mol. The molecule has 1 unspecified atom stereocenters. The molecular weight excluding hydrogens is 449 g/mol. The second-order valence-corrected chi connectivity index (χ2v) is 8.17. The van der Waals surface area contributed by atoms with Crippen LogP contribution in [0.1, 0.15) is 15.9 Å². The first-order valence-corrected chi connectivity index (χ1v) is 10.1. The van der Waals surface area contributed by atoms with Crippen molar-refractivity contribution in [3.63, 3.8) is 0 Å². The summed E-state index contributed by atoms with van der Waals surface area (Å²) < 4.78 is 72.2. The lowest BCUT2D eigenvalue weighted by molar-refractivity contribution is -0.204. The topological polar surface area (TPSA) is 201 Å².